The molecule has 1 aliphatic rings. The lowest BCUT2D eigenvalue weighted by Crippen LogP contribution is -2.43. The van der Waals surface area contributed by atoms with Crippen molar-refractivity contribution < 1.29 is 8.78 Å². The molecule has 1 fully saturated rings. The number of hydrogen-bond acceptors (Lipinski definition) is 1. The van der Waals surface area contributed by atoms with E-state index < -0.39 is 5.92 Å². The first-order valence-corrected chi connectivity index (χ1v) is 7.17. The predicted octanol–water partition coefficient (Wildman–Crippen LogP) is 4.38. The van der Waals surface area contributed by atoms with Gasteiger partial charge in [-0.1, -0.05) is 27.5 Å². The maximum Gasteiger partial charge on any atom is 0.260 e. The Kier molecular flexibility index (Phi) is 4.62. The van der Waals surface area contributed by atoms with E-state index in [0.29, 0.717) is 24.4 Å². The number of benzene rings is 1. The smallest absolute Gasteiger partial charge is 0.260 e. The SMILES string of the molecule is FC1(F)CCCN(CCc2cc(Br)ccc2Cl)C1. The minimum atomic E-state index is -2.53. The van der Waals surface area contributed by atoms with Gasteiger partial charge in [-0.3, -0.25) is 4.90 Å². The van der Waals surface area contributed by atoms with Crippen LogP contribution in [0.1, 0.15) is 18.4 Å². The highest BCUT2D eigenvalue weighted by Gasteiger charge is 2.34. The fourth-order valence-electron chi connectivity index (χ4n) is 2.25. The molecule has 1 saturated heterocycles. The molecule has 0 spiro atoms. The first-order valence-electron chi connectivity index (χ1n) is 6.00. The average Bonchev–Trinajstić information content (AvgIpc) is 2.29. The lowest BCUT2D eigenvalue weighted by atomic mass is 10.1. The normalized spacial score (nSPS) is 20.0. The number of hydrogen-bond donors (Lipinski definition) is 0. The Morgan fingerprint density at radius 1 is 1.39 bits per heavy atom. The van der Waals surface area contributed by atoms with Gasteiger partial charge in [-0.25, -0.2) is 8.78 Å². The van der Waals surface area contributed by atoms with Crippen LogP contribution in [0.2, 0.25) is 5.02 Å². The van der Waals surface area contributed by atoms with Crippen molar-refractivity contribution in [1.29, 1.82) is 0 Å². The molecule has 0 unspecified atom stereocenters. The van der Waals surface area contributed by atoms with Gasteiger partial charge in [0.25, 0.3) is 5.92 Å². The van der Waals surface area contributed by atoms with Crippen molar-refractivity contribution in [2.75, 3.05) is 19.6 Å². The van der Waals surface area contributed by atoms with Crippen LogP contribution in [-0.2, 0) is 6.42 Å². The van der Waals surface area contributed by atoms with Crippen LogP contribution in [-0.4, -0.2) is 30.5 Å². The lowest BCUT2D eigenvalue weighted by Gasteiger charge is -2.32. The number of rotatable bonds is 3. The molecule has 2 rings (SSSR count). The molecule has 100 valence electrons. The molecule has 0 N–H and O–H groups in total. The highest BCUT2D eigenvalue weighted by molar-refractivity contribution is 9.10. The van der Waals surface area contributed by atoms with Crippen LogP contribution >= 0.6 is 27.5 Å². The molecule has 0 amide bonds. The molecule has 1 aliphatic heterocycles. The molecule has 0 saturated carbocycles. The lowest BCUT2D eigenvalue weighted by molar-refractivity contribution is -0.0635. The van der Waals surface area contributed by atoms with Gasteiger partial charge in [0, 0.05) is 22.5 Å². The van der Waals surface area contributed by atoms with Crippen LogP contribution in [0.4, 0.5) is 8.78 Å². The van der Waals surface area contributed by atoms with E-state index in [4.69, 9.17) is 11.6 Å². The molecule has 0 atom stereocenters. The summed E-state index contributed by atoms with van der Waals surface area (Å²) in [6.07, 6.45) is 1.29. The summed E-state index contributed by atoms with van der Waals surface area (Å²) in [5, 5.41) is 0.696. The third kappa shape index (κ3) is 3.90. The second-order valence-electron chi connectivity index (χ2n) is 4.72. The summed E-state index contributed by atoms with van der Waals surface area (Å²) < 4.78 is 27.5. The zero-order chi connectivity index (χ0) is 13.2. The van der Waals surface area contributed by atoms with E-state index in [2.05, 4.69) is 15.9 Å². The molecule has 0 bridgehead atoms. The van der Waals surface area contributed by atoms with Crippen LogP contribution in [0.5, 0.6) is 0 Å². The first-order chi connectivity index (χ1) is 8.46. The quantitative estimate of drug-likeness (QED) is 0.791. The zero-order valence-corrected chi connectivity index (χ0v) is 12.3. The number of halogens is 4. The molecule has 1 aromatic carbocycles. The Morgan fingerprint density at radius 2 is 2.17 bits per heavy atom. The van der Waals surface area contributed by atoms with E-state index in [1.165, 1.54) is 0 Å². The van der Waals surface area contributed by atoms with E-state index in [1.807, 2.05) is 23.1 Å². The largest absolute Gasteiger partial charge is 0.297 e. The van der Waals surface area contributed by atoms with Crippen LogP contribution in [0.25, 0.3) is 0 Å². The van der Waals surface area contributed by atoms with Crippen molar-refractivity contribution in [3.05, 3.63) is 33.3 Å². The van der Waals surface area contributed by atoms with Crippen LogP contribution in [0.3, 0.4) is 0 Å². The van der Waals surface area contributed by atoms with E-state index in [-0.39, 0.29) is 13.0 Å². The summed E-state index contributed by atoms with van der Waals surface area (Å²) in [4.78, 5) is 1.82. The van der Waals surface area contributed by atoms with Crippen molar-refractivity contribution >= 4 is 27.5 Å². The molecular weight excluding hydrogens is 324 g/mol. The molecule has 0 aromatic heterocycles. The van der Waals surface area contributed by atoms with Gasteiger partial charge in [0.1, 0.15) is 0 Å². The Labute approximate surface area is 119 Å². The second kappa shape index (κ2) is 5.85. The van der Waals surface area contributed by atoms with Gasteiger partial charge >= 0.3 is 0 Å². The molecule has 0 aliphatic carbocycles. The molecule has 1 heterocycles. The Bertz CT molecular complexity index is 425. The monoisotopic (exact) mass is 337 g/mol. The third-order valence-corrected chi connectivity index (χ3v) is 4.04. The second-order valence-corrected chi connectivity index (χ2v) is 6.04. The van der Waals surface area contributed by atoms with E-state index in [0.717, 1.165) is 16.6 Å². The first kappa shape index (κ1) is 14.2. The highest BCUT2D eigenvalue weighted by Crippen LogP contribution is 2.27. The van der Waals surface area contributed by atoms with Gasteiger partial charge in [0.2, 0.25) is 0 Å². The molecule has 1 aromatic rings. The molecular formula is C13H15BrClF2N. The van der Waals surface area contributed by atoms with Gasteiger partial charge in [-0.2, -0.15) is 0 Å². The fraction of sp³-hybridized carbons (Fsp3) is 0.538. The Balaban J connectivity index is 1.93. The minimum absolute atomic E-state index is 0.0150. The maximum atomic E-state index is 13.2. The van der Waals surface area contributed by atoms with Crippen LogP contribution in [0.15, 0.2) is 22.7 Å². The van der Waals surface area contributed by atoms with E-state index in [9.17, 15) is 8.78 Å². The Hall–Kier alpha value is -0.190. The Morgan fingerprint density at radius 3 is 2.89 bits per heavy atom. The minimum Gasteiger partial charge on any atom is -0.297 e. The summed E-state index contributed by atoms with van der Waals surface area (Å²) in [5.41, 5.74) is 1.000. The van der Waals surface area contributed by atoms with Crippen molar-refractivity contribution in [3.63, 3.8) is 0 Å². The third-order valence-electron chi connectivity index (χ3n) is 3.18. The van der Waals surface area contributed by atoms with Gasteiger partial charge in [0.05, 0.1) is 6.54 Å². The molecule has 0 radical (unpaired) electrons. The summed E-state index contributed by atoms with van der Waals surface area (Å²) >= 11 is 9.47. The fourth-order valence-corrected chi connectivity index (χ4v) is 2.87. The maximum absolute atomic E-state index is 13.2. The van der Waals surface area contributed by atoms with E-state index in [1.54, 1.807) is 0 Å². The van der Waals surface area contributed by atoms with Gasteiger partial charge in [-0.15, -0.1) is 0 Å². The van der Waals surface area contributed by atoms with Crippen molar-refractivity contribution in [1.82, 2.24) is 4.90 Å². The predicted molar refractivity (Wildman–Crippen MR) is 73.5 cm³/mol. The highest BCUT2D eigenvalue weighted by atomic mass is 79.9. The van der Waals surface area contributed by atoms with Crippen molar-refractivity contribution in [2.24, 2.45) is 0 Å². The van der Waals surface area contributed by atoms with E-state index >= 15 is 0 Å². The molecule has 18 heavy (non-hydrogen) atoms. The standard InChI is InChI=1S/C13H15BrClF2N/c14-11-2-3-12(15)10(8-11)4-7-18-6-1-5-13(16,17)9-18/h2-3,8H,1,4-7,9H2. The number of alkyl halides is 2. The molecule has 5 heteroatoms. The van der Waals surface area contributed by atoms with Crippen LogP contribution in [0, 0.1) is 0 Å². The number of likely N-dealkylation sites (tertiary alicyclic amines) is 1. The van der Waals surface area contributed by atoms with Crippen LogP contribution < -0.4 is 0 Å². The summed E-state index contributed by atoms with van der Waals surface area (Å²) in [6, 6.07) is 5.65. The molecule has 1 nitrogen and oxygen atoms in total. The van der Waals surface area contributed by atoms with Gasteiger partial charge in [0.15, 0.2) is 0 Å². The topological polar surface area (TPSA) is 3.24 Å². The van der Waals surface area contributed by atoms with Gasteiger partial charge in [-0.05, 0) is 43.1 Å². The zero-order valence-electron chi connectivity index (χ0n) is 9.93. The number of piperidine rings is 1. The number of nitrogens with zero attached hydrogens (tertiary/aromatic N) is 1. The van der Waals surface area contributed by atoms with Gasteiger partial charge < -0.3 is 0 Å². The summed E-state index contributed by atoms with van der Waals surface area (Å²) in [6.45, 7) is 1.26. The summed E-state index contributed by atoms with van der Waals surface area (Å²) in [7, 11) is 0. The van der Waals surface area contributed by atoms with Crippen molar-refractivity contribution in [2.45, 2.75) is 25.2 Å². The average molecular weight is 339 g/mol. The van der Waals surface area contributed by atoms with Crippen molar-refractivity contribution in [3.8, 4) is 0 Å². The summed E-state index contributed by atoms with van der Waals surface area (Å²) in [5.74, 6) is -2.53.